The number of aliphatic hydroxyl groups excluding tert-OH is 1. The highest BCUT2D eigenvalue weighted by atomic mass is 79.9. The zero-order valence-electron chi connectivity index (χ0n) is 10.8. The van der Waals surface area contributed by atoms with E-state index in [1.807, 2.05) is 48.5 Å². The third kappa shape index (κ3) is 3.82. The molecule has 1 unspecified atom stereocenters. The standard InChI is InChI=1S/C16H17BrO2/c1-2-10-19-15-5-3-4-13(11-15)16(18)12-6-8-14(17)9-7-12/h3-9,11,16,18H,2,10H2,1H3. The maximum absolute atomic E-state index is 10.4. The number of hydrogen-bond acceptors (Lipinski definition) is 2. The van der Waals surface area contributed by atoms with E-state index >= 15 is 0 Å². The van der Waals surface area contributed by atoms with Crippen LogP contribution >= 0.6 is 15.9 Å². The Morgan fingerprint density at radius 1 is 1.11 bits per heavy atom. The Kier molecular flexibility index (Phi) is 5.00. The van der Waals surface area contributed by atoms with Gasteiger partial charge in [-0.2, -0.15) is 0 Å². The molecule has 0 aliphatic carbocycles. The van der Waals surface area contributed by atoms with Crippen LogP contribution in [0.3, 0.4) is 0 Å². The second-order valence-electron chi connectivity index (χ2n) is 4.38. The van der Waals surface area contributed by atoms with Gasteiger partial charge in [0, 0.05) is 4.47 Å². The molecule has 0 saturated heterocycles. The molecule has 2 aromatic rings. The summed E-state index contributed by atoms with van der Waals surface area (Å²) >= 11 is 3.39. The highest BCUT2D eigenvalue weighted by Crippen LogP contribution is 2.26. The molecule has 0 bridgehead atoms. The summed E-state index contributed by atoms with van der Waals surface area (Å²) in [5.74, 6) is 0.801. The Morgan fingerprint density at radius 2 is 1.84 bits per heavy atom. The van der Waals surface area contributed by atoms with Crippen molar-refractivity contribution in [1.82, 2.24) is 0 Å². The zero-order valence-corrected chi connectivity index (χ0v) is 12.4. The third-order valence-corrected chi connectivity index (χ3v) is 3.36. The molecule has 19 heavy (non-hydrogen) atoms. The first-order chi connectivity index (χ1) is 9.20. The number of aliphatic hydroxyl groups is 1. The van der Waals surface area contributed by atoms with Crippen LogP contribution < -0.4 is 4.74 Å². The van der Waals surface area contributed by atoms with Gasteiger partial charge in [-0.3, -0.25) is 0 Å². The van der Waals surface area contributed by atoms with Crippen LogP contribution in [-0.2, 0) is 0 Å². The van der Waals surface area contributed by atoms with E-state index in [9.17, 15) is 5.11 Å². The van der Waals surface area contributed by atoms with E-state index in [0.717, 1.165) is 27.8 Å². The van der Waals surface area contributed by atoms with Crippen molar-refractivity contribution in [1.29, 1.82) is 0 Å². The maximum atomic E-state index is 10.4. The van der Waals surface area contributed by atoms with Crippen LogP contribution in [0.2, 0.25) is 0 Å². The summed E-state index contributed by atoms with van der Waals surface area (Å²) in [6.45, 7) is 2.76. The van der Waals surface area contributed by atoms with Crippen molar-refractivity contribution in [2.75, 3.05) is 6.61 Å². The molecule has 0 aliphatic rings. The molecule has 0 fully saturated rings. The molecule has 0 radical (unpaired) electrons. The summed E-state index contributed by atoms with van der Waals surface area (Å²) < 4.78 is 6.59. The van der Waals surface area contributed by atoms with Gasteiger partial charge in [-0.15, -0.1) is 0 Å². The van der Waals surface area contributed by atoms with Crippen LogP contribution in [0.5, 0.6) is 5.75 Å². The van der Waals surface area contributed by atoms with Gasteiger partial charge < -0.3 is 9.84 Å². The minimum atomic E-state index is -0.627. The molecular weight excluding hydrogens is 304 g/mol. The van der Waals surface area contributed by atoms with Crippen molar-refractivity contribution in [3.05, 3.63) is 64.1 Å². The summed E-state index contributed by atoms with van der Waals surface area (Å²) in [6.07, 6.45) is 0.345. The monoisotopic (exact) mass is 320 g/mol. The molecule has 0 aromatic heterocycles. The van der Waals surface area contributed by atoms with Crippen LogP contribution in [0, 0.1) is 0 Å². The lowest BCUT2D eigenvalue weighted by atomic mass is 10.0. The van der Waals surface area contributed by atoms with E-state index in [4.69, 9.17) is 4.74 Å². The van der Waals surface area contributed by atoms with Gasteiger partial charge in [0.1, 0.15) is 11.9 Å². The molecule has 2 nitrogen and oxygen atoms in total. The minimum Gasteiger partial charge on any atom is -0.494 e. The number of halogens is 1. The zero-order chi connectivity index (χ0) is 13.7. The molecule has 2 rings (SSSR count). The van der Waals surface area contributed by atoms with Crippen LogP contribution in [0.25, 0.3) is 0 Å². The highest BCUT2D eigenvalue weighted by Gasteiger charge is 2.10. The van der Waals surface area contributed by atoms with Crippen LogP contribution in [0.4, 0.5) is 0 Å². The lowest BCUT2D eigenvalue weighted by Gasteiger charge is -2.13. The summed E-state index contributed by atoms with van der Waals surface area (Å²) in [6, 6.07) is 15.3. The van der Waals surface area contributed by atoms with Crippen molar-refractivity contribution < 1.29 is 9.84 Å². The average Bonchev–Trinajstić information content (AvgIpc) is 2.45. The molecule has 3 heteroatoms. The summed E-state index contributed by atoms with van der Waals surface area (Å²) in [7, 11) is 0. The summed E-state index contributed by atoms with van der Waals surface area (Å²) in [5, 5.41) is 10.4. The van der Waals surface area contributed by atoms with E-state index in [1.165, 1.54) is 0 Å². The Bertz CT molecular complexity index is 523. The quantitative estimate of drug-likeness (QED) is 0.889. The largest absolute Gasteiger partial charge is 0.494 e. The fourth-order valence-electron chi connectivity index (χ4n) is 1.83. The van der Waals surface area contributed by atoms with Crippen LogP contribution in [-0.4, -0.2) is 11.7 Å². The molecule has 1 atom stereocenters. The van der Waals surface area contributed by atoms with E-state index < -0.39 is 6.10 Å². The first kappa shape index (κ1) is 14.1. The summed E-state index contributed by atoms with van der Waals surface area (Å²) in [5.41, 5.74) is 1.71. The van der Waals surface area contributed by atoms with E-state index in [2.05, 4.69) is 22.9 Å². The van der Waals surface area contributed by atoms with Gasteiger partial charge in [-0.1, -0.05) is 47.1 Å². The Hall–Kier alpha value is -1.32. The SMILES string of the molecule is CCCOc1cccc(C(O)c2ccc(Br)cc2)c1. The second-order valence-corrected chi connectivity index (χ2v) is 5.29. The lowest BCUT2D eigenvalue weighted by molar-refractivity contribution is 0.219. The fraction of sp³-hybridized carbons (Fsp3) is 0.250. The first-order valence-electron chi connectivity index (χ1n) is 6.37. The number of benzene rings is 2. The first-order valence-corrected chi connectivity index (χ1v) is 7.16. The normalized spacial score (nSPS) is 12.2. The summed E-state index contributed by atoms with van der Waals surface area (Å²) in [4.78, 5) is 0. The number of ether oxygens (including phenoxy) is 1. The molecular formula is C16H17BrO2. The Labute approximate surface area is 122 Å². The predicted octanol–water partition coefficient (Wildman–Crippen LogP) is 4.32. The molecule has 100 valence electrons. The maximum Gasteiger partial charge on any atom is 0.119 e. The number of hydrogen-bond donors (Lipinski definition) is 1. The number of rotatable bonds is 5. The molecule has 0 saturated carbocycles. The van der Waals surface area contributed by atoms with E-state index in [-0.39, 0.29) is 0 Å². The second kappa shape index (κ2) is 6.73. The predicted molar refractivity (Wildman–Crippen MR) is 80.4 cm³/mol. The average molecular weight is 321 g/mol. The lowest BCUT2D eigenvalue weighted by Crippen LogP contribution is -2.01. The molecule has 2 aromatic carbocycles. The van der Waals surface area contributed by atoms with E-state index in [0.29, 0.717) is 6.61 Å². The van der Waals surface area contributed by atoms with E-state index in [1.54, 1.807) is 0 Å². The molecule has 1 N–H and O–H groups in total. The Balaban J connectivity index is 2.18. The highest BCUT2D eigenvalue weighted by molar-refractivity contribution is 9.10. The van der Waals surface area contributed by atoms with Gasteiger partial charge in [0.05, 0.1) is 6.61 Å². The molecule has 0 heterocycles. The molecule has 0 amide bonds. The van der Waals surface area contributed by atoms with Gasteiger partial charge in [-0.25, -0.2) is 0 Å². The third-order valence-electron chi connectivity index (χ3n) is 2.83. The van der Waals surface area contributed by atoms with Crippen molar-refractivity contribution in [3.63, 3.8) is 0 Å². The van der Waals surface area contributed by atoms with Crippen LogP contribution in [0.15, 0.2) is 53.0 Å². The van der Waals surface area contributed by atoms with Gasteiger partial charge in [0.15, 0.2) is 0 Å². The van der Waals surface area contributed by atoms with Gasteiger partial charge in [0.2, 0.25) is 0 Å². The Morgan fingerprint density at radius 3 is 2.53 bits per heavy atom. The van der Waals surface area contributed by atoms with Gasteiger partial charge in [-0.05, 0) is 41.8 Å². The topological polar surface area (TPSA) is 29.5 Å². The van der Waals surface area contributed by atoms with Gasteiger partial charge in [0.25, 0.3) is 0 Å². The van der Waals surface area contributed by atoms with Crippen molar-refractivity contribution in [3.8, 4) is 5.75 Å². The van der Waals surface area contributed by atoms with Crippen molar-refractivity contribution >= 4 is 15.9 Å². The van der Waals surface area contributed by atoms with Crippen molar-refractivity contribution in [2.45, 2.75) is 19.4 Å². The molecule has 0 spiro atoms. The van der Waals surface area contributed by atoms with Crippen molar-refractivity contribution in [2.24, 2.45) is 0 Å². The van der Waals surface area contributed by atoms with Crippen LogP contribution in [0.1, 0.15) is 30.6 Å². The molecule has 0 aliphatic heterocycles. The minimum absolute atomic E-state index is 0.627. The smallest absolute Gasteiger partial charge is 0.119 e. The van der Waals surface area contributed by atoms with Gasteiger partial charge >= 0.3 is 0 Å². The fourth-order valence-corrected chi connectivity index (χ4v) is 2.10.